The molecule has 0 aliphatic carbocycles. The van der Waals surface area contributed by atoms with E-state index in [1.807, 2.05) is 43.4 Å². The maximum atomic E-state index is 12.5. The summed E-state index contributed by atoms with van der Waals surface area (Å²) in [5.41, 5.74) is 4.31. The Morgan fingerprint density at radius 2 is 2.08 bits per heavy atom. The molecule has 1 amide bonds. The third kappa shape index (κ3) is 2.83. The molecular weight excluding hydrogens is 328 g/mol. The van der Waals surface area contributed by atoms with Crippen LogP contribution in [0.4, 0.5) is 5.69 Å². The number of amides is 1. The number of aromatic amines is 1. The molecule has 1 aromatic carbocycles. The van der Waals surface area contributed by atoms with E-state index in [2.05, 4.69) is 37.0 Å². The average molecular weight is 346 g/mol. The number of rotatable bonds is 4. The van der Waals surface area contributed by atoms with Crippen LogP contribution in [0.15, 0.2) is 48.7 Å². The first kappa shape index (κ1) is 16.0. The zero-order valence-corrected chi connectivity index (χ0v) is 14.5. The second-order valence-corrected chi connectivity index (χ2v) is 5.98. The van der Waals surface area contributed by atoms with Gasteiger partial charge in [0.15, 0.2) is 0 Å². The van der Waals surface area contributed by atoms with Crippen molar-refractivity contribution in [3.63, 3.8) is 0 Å². The molecule has 7 heteroatoms. The van der Waals surface area contributed by atoms with Gasteiger partial charge in [0, 0.05) is 25.4 Å². The van der Waals surface area contributed by atoms with Crippen LogP contribution in [0.25, 0.3) is 22.4 Å². The van der Waals surface area contributed by atoms with E-state index in [1.54, 1.807) is 12.3 Å². The summed E-state index contributed by atoms with van der Waals surface area (Å²) in [6.07, 6.45) is 2.55. The molecule has 0 radical (unpaired) electrons. The molecule has 7 nitrogen and oxygen atoms in total. The molecule has 0 unspecified atom stereocenters. The van der Waals surface area contributed by atoms with Gasteiger partial charge < -0.3 is 9.88 Å². The Labute approximate surface area is 150 Å². The number of anilines is 1. The molecule has 0 saturated carbocycles. The highest BCUT2D eigenvalue weighted by Gasteiger charge is 2.13. The van der Waals surface area contributed by atoms with Gasteiger partial charge in [-0.15, -0.1) is 0 Å². The number of nitrogens with one attached hydrogen (secondary N) is 2. The summed E-state index contributed by atoms with van der Waals surface area (Å²) in [5, 5.41) is 9.81. The second kappa shape index (κ2) is 6.44. The van der Waals surface area contributed by atoms with Crippen molar-refractivity contribution in [3.8, 4) is 11.4 Å². The van der Waals surface area contributed by atoms with Gasteiger partial charge in [0.1, 0.15) is 17.2 Å². The van der Waals surface area contributed by atoms with Crippen LogP contribution in [0, 0.1) is 0 Å². The lowest BCUT2D eigenvalue weighted by molar-refractivity contribution is 0.102. The maximum absolute atomic E-state index is 12.5. The van der Waals surface area contributed by atoms with Gasteiger partial charge >= 0.3 is 0 Å². The van der Waals surface area contributed by atoms with E-state index in [0.717, 1.165) is 23.3 Å². The molecule has 0 aliphatic rings. The number of hydrogen-bond acceptors (Lipinski definition) is 4. The molecule has 4 rings (SSSR count). The Morgan fingerprint density at radius 3 is 2.85 bits per heavy atom. The third-order valence-electron chi connectivity index (χ3n) is 4.30. The highest BCUT2D eigenvalue weighted by molar-refractivity contribution is 6.04. The van der Waals surface area contributed by atoms with Gasteiger partial charge in [-0.1, -0.05) is 13.0 Å². The molecule has 0 fully saturated rings. The van der Waals surface area contributed by atoms with Crippen LogP contribution in [0.3, 0.4) is 0 Å². The van der Waals surface area contributed by atoms with Crippen LogP contribution < -0.4 is 5.32 Å². The Kier molecular flexibility index (Phi) is 3.96. The van der Waals surface area contributed by atoms with Crippen molar-refractivity contribution in [1.82, 2.24) is 24.7 Å². The first-order valence-corrected chi connectivity index (χ1v) is 8.39. The van der Waals surface area contributed by atoms with Crippen molar-refractivity contribution in [2.24, 2.45) is 7.05 Å². The van der Waals surface area contributed by atoms with E-state index in [-0.39, 0.29) is 5.91 Å². The first-order valence-electron chi connectivity index (χ1n) is 8.39. The number of fused-ring (bicyclic) bond motifs is 1. The van der Waals surface area contributed by atoms with Crippen molar-refractivity contribution in [2.75, 3.05) is 5.32 Å². The largest absolute Gasteiger partial charge is 0.331 e. The number of aromatic nitrogens is 5. The molecule has 0 saturated heterocycles. The molecule has 26 heavy (non-hydrogen) atoms. The smallest absolute Gasteiger partial charge is 0.273 e. The predicted molar refractivity (Wildman–Crippen MR) is 99.9 cm³/mol. The molecule has 3 aromatic heterocycles. The lowest BCUT2D eigenvalue weighted by Gasteiger charge is -2.04. The summed E-state index contributed by atoms with van der Waals surface area (Å²) in [7, 11) is 2.00. The maximum Gasteiger partial charge on any atom is 0.273 e. The van der Waals surface area contributed by atoms with Crippen LogP contribution in [-0.4, -0.2) is 30.6 Å². The summed E-state index contributed by atoms with van der Waals surface area (Å²) in [4.78, 5) is 21.3. The average Bonchev–Trinajstić information content (AvgIpc) is 3.28. The van der Waals surface area contributed by atoms with Crippen molar-refractivity contribution in [1.29, 1.82) is 0 Å². The third-order valence-corrected chi connectivity index (χ3v) is 4.30. The van der Waals surface area contributed by atoms with E-state index in [9.17, 15) is 4.79 Å². The van der Waals surface area contributed by atoms with E-state index in [0.29, 0.717) is 22.8 Å². The normalized spacial score (nSPS) is 11.0. The summed E-state index contributed by atoms with van der Waals surface area (Å²) in [5.74, 6) is 0.753. The van der Waals surface area contributed by atoms with E-state index < -0.39 is 0 Å². The topological polar surface area (TPSA) is 88.5 Å². The van der Waals surface area contributed by atoms with E-state index >= 15 is 0 Å². The Hall–Kier alpha value is -3.48. The molecule has 0 aliphatic heterocycles. The van der Waals surface area contributed by atoms with Crippen molar-refractivity contribution in [3.05, 3.63) is 60.2 Å². The molecule has 0 bridgehead atoms. The van der Waals surface area contributed by atoms with Crippen molar-refractivity contribution in [2.45, 2.75) is 13.3 Å². The standard InChI is InChI=1S/C19H18N6O/c1-3-18-22-15-10-12(7-8-17(15)25(18)2)21-19(26)16-11-14(23-24-16)13-6-4-5-9-20-13/h4-11H,3H2,1-2H3,(H,21,26)(H,23,24). The fraction of sp³-hybridized carbons (Fsp3) is 0.158. The number of carbonyl (C=O) groups excluding carboxylic acids is 1. The lowest BCUT2D eigenvalue weighted by Crippen LogP contribution is -2.12. The summed E-state index contributed by atoms with van der Waals surface area (Å²) < 4.78 is 2.06. The number of aryl methyl sites for hydroxylation is 2. The fourth-order valence-corrected chi connectivity index (χ4v) is 2.93. The van der Waals surface area contributed by atoms with E-state index in [4.69, 9.17) is 0 Å². The lowest BCUT2D eigenvalue weighted by atomic mass is 10.2. The molecule has 130 valence electrons. The Bertz CT molecular complexity index is 1080. The predicted octanol–water partition coefficient (Wildman–Crippen LogP) is 3.17. The first-order chi connectivity index (χ1) is 12.7. The SMILES string of the molecule is CCc1nc2cc(NC(=O)c3cc(-c4ccccn4)n[nH]3)ccc2n1C. The van der Waals surface area contributed by atoms with Crippen LogP contribution in [0.5, 0.6) is 0 Å². The van der Waals surface area contributed by atoms with Gasteiger partial charge in [0.25, 0.3) is 5.91 Å². The molecule has 3 heterocycles. The molecule has 2 N–H and O–H groups in total. The van der Waals surface area contributed by atoms with Crippen LogP contribution >= 0.6 is 0 Å². The number of pyridine rings is 1. The summed E-state index contributed by atoms with van der Waals surface area (Å²) in [6, 6.07) is 13.0. The van der Waals surface area contributed by atoms with Gasteiger partial charge in [-0.25, -0.2) is 4.98 Å². The zero-order valence-electron chi connectivity index (χ0n) is 14.5. The number of hydrogen-bond donors (Lipinski definition) is 2. The quantitative estimate of drug-likeness (QED) is 0.594. The van der Waals surface area contributed by atoms with Crippen LogP contribution in [0.1, 0.15) is 23.2 Å². The number of benzene rings is 1. The van der Waals surface area contributed by atoms with Crippen LogP contribution in [0.2, 0.25) is 0 Å². The highest BCUT2D eigenvalue weighted by atomic mass is 16.1. The molecule has 0 atom stereocenters. The Morgan fingerprint density at radius 1 is 1.19 bits per heavy atom. The molecule has 4 aromatic rings. The molecular formula is C19H18N6O. The van der Waals surface area contributed by atoms with Crippen molar-refractivity contribution < 1.29 is 4.79 Å². The van der Waals surface area contributed by atoms with E-state index in [1.165, 1.54) is 0 Å². The molecule has 0 spiro atoms. The number of H-pyrrole nitrogens is 1. The van der Waals surface area contributed by atoms with Gasteiger partial charge in [-0.2, -0.15) is 5.10 Å². The van der Waals surface area contributed by atoms with Gasteiger partial charge in [0.05, 0.1) is 16.7 Å². The summed E-state index contributed by atoms with van der Waals surface area (Å²) >= 11 is 0. The number of imidazole rings is 1. The van der Waals surface area contributed by atoms with Gasteiger partial charge in [0.2, 0.25) is 0 Å². The highest BCUT2D eigenvalue weighted by Crippen LogP contribution is 2.21. The fourth-order valence-electron chi connectivity index (χ4n) is 2.93. The second-order valence-electron chi connectivity index (χ2n) is 5.98. The number of nitrogens with zero attached hydrogens (tertiary/aromatic N) is 4. The van der Waals surface area contributed by atoms with Crippen LogP contribution in [-0.2, 0) is 13.5 Å². The van der Waals surface area contributed by atoms with Gasteiger partial charge in [-0.05, 0) is 36.4 Å². The minimum Gasteiger partial charge on any atom is -0.331 e. The number of carbonyl (C=O) groups is 1. The van der Waals surface area contributed by atoms with Crippen molar-refractivity contribution >= 4 is 22.6 Å². The minimum atomic E-state index is -0.259. The monoisotopic (exact) mass is 346 g/mol. The van der Waals surface area contributed by atoms with Gasteiger partial charge in [-0.3, -0.25) is 14.9 Å². The summed E-state index contributed by atoms with van der Waals surface area (Å²) in [6.45, 7) is 2.07. The minimum absolute atomic E-state index is 0.259. The zero-order chi connectivity index (χ0) is 18.1. The Balaban J connectivity index is 1.56.